The minimum Gasteiger partial charge on any atom is -0.354 e. The van der Waals surface area contributed by atoms with Gasteiger partial charge in [-0.15, -0.1) is 0 Å². The Morgan fingerprint density at radius 1 is 1.22 bits per heavy atom. The molecule has 0 aliphatic heterocycles. The van der Waals surface area contributed by atoms with Gasteiger partial charge >= 0.3 is 0 Å². The first-order chi connectivity index (χ1) is 15.4. The predicted molar refractivity (Wildman–Crippen MR) is 129 cm³/mol. The van der Waals surface area contributed by atoms with Crippen LogP contribution >= 0.6 is 15.9 Å². The summed E-state index contributed by atoms with van der Waals surface area (Å²) < 4.78 is 13.9. The van der Waals surface area contributed by atoms with Crippen LogP contribution < -0.4 is 10.6 Å². The van der Waals surface area contributed by atoms with Crippen LogP contribution in [0.1, 0.15) is 19.4 Å². The van der Waals surface area contributed by atoms with Crippen molar-refractivity contribution in [3.63, 3.8) is 0 Å². The van der Waals surface area contributed by atoms with Gasteiger partial charge in [-0.3, -0.25) is 9.78 Å². The number of fused-ring (bicyclic) bond motifs is 1. The number of rotatable bonds is 8. The summed E-state index contributed by atoms with van der Waals surface area (Å²) in [4.78, 5) is 18.9. The van der Waals surface area contributed by atoms with Crippen molar-refractivity contribution in [2.45, 2.75) is 13.8 Å². The van der Waals surface area contributed by atoms with Crippen LogP contribution in [0.2, 0.25) is 0 Å². The lowest BCUT2D eigenvalue weighted by molar-refractivity contribution is -0.111. The number of benzene rings is 2. The highest BCUT2D eigenvalue weighted by Crippen LogP contribution is 2.32. The van der Waals surface area contributed by atoms with Gasteiger partial charge in [-0.1, -0.05) is 19.9 Å². The number of amides is 1. The fourth-order valence-electron chi connectivity index (χ4n) is 3.18. The van der Waals surface area contributed by atoms with Crippen molar-refractivity contribution in [3.8, 4) is 6.07 Å². The van der Waals surface area contributed by atoms with E-state index in [0.29, 0.717) is 44.5 Å². The maximum Gasteiger partial charge on any atom is 0.248 e. The number of carbonyl (C=O) groups excluding carboxylic acids is 1. The monoisotopic (exact) mass is 495 g/mol. The Morgan fingerprint density at radius 2 is 1.97 bits per heavy atom. The van der Waals surface area contributed by atoms with Crippen molar-refractivity contribution in [2.24, 2.45) is 0 Å². The van der Waals surface area contributed by atoms with Gasteiger partial charge in [-0.2, -0.15) is 5.26 Å². The maximum atomic E-state index is 13.6. The normalized spacial score (nSPS) is 11.1. The van der Waals surface area contributed by atoms with Crippen molar-refractivity contribution in [1.82, 2.24) is 9.88 Å². The zero-order chi connectivity index (χ0) is 23.1. The first-order valence-electron chi connectivity index (χ1n) is 10.2. The highest BCUT2D eigenvalue weighted by Gasteiger charge is 2.12. The maximum absolute atomic E-state index is 13.6. The molecule has 0 unspecified atom stereocenters. The Morgan fingerprint density at radius 3 is 2.66 bits per heavy atom. The number of hydrogen-bond acceptors (Lipinski definition) is 5. The van der Waals surface area contributed by atoms with E-state index in [9.17, 15) is 14.4 Å². The van der Waals surface area contributed by atoms with E-state index in [4.69, 9.17) is 0 Å². The molecule has 0 aliphatic carbocycles. The Bertz CT molecular complexity index is 1200. The molecule has 0 bridgehead atoms. The van der Waals surface area contributed by atoms with E-state index < -0.39 is 0 Å². The van der Waals surface area contributed by atoms with Gasteiger partial charge in [-0.05, 0) is 65.4 Å². The lowest BCUT2D eigenvalue weighted by atomic mass is 10.1. The van der Waals surface area contributed by atoms with Crippen molar-refractivity contribution >= 4 is 49.8 Å². The van der Waals surface area contributed by atoms with E-state index in [1.54, 1.807) is 30.3 Å². The molecular formula is C24H23BrFN5O. The van der Waals surface area contributed by atoms with Gasteiger partial charge in [0, 0.05) is 35.6 Å². The molecule has 1 aromatic heterocycles. The largest absolute Gasteiger partial charge is 0.354 e. The summed E-state index contributed by atoms with van der Waals surface area (Å²) in [5.41, 5.74) is 2.71. The Hall–Kier alpha value is -3.28. The molecule has 1 amide bonds. The van der Waals surface area contributed by atoms with Gasteiger partial charge in [0.25, 0.3) is 0 Å². The summed E-state index contributed by atoms with van der Waals surface area (Å²) in [6, 6.07) is 11.9. The third-order valence-corrected chi connectivity index (χ3v) is 5.58. The average molecular weight is 496 g/mol. The van der Waals surface area contributed by atoms with Gasteiger partial charge in [0.05, 0.1) is 21.2 Å². The van der Waals surface area contributed by atoms with Crippen LogP contribution in [0.4, 0.5) is 21.5 Å². The third-order valence-electron chi connectivity index (χ3n) is 4.97. The standard InChI is InChI=1S/C24H23BrFN5O/c1-3-31(4-2)11-5-6-23(32)29-17-8-10-22-19(12-17)24(16(14-27)15-28-22)30-18-7-9-21(26)20(25)13-18/h5-10,12-13,15H,3-4,11H2,1-2H3,(H,28,30)(H,29,32). The SMILES string of the molecule is CCN(CC)CC=CC(=O)Nc1ccc2ncc(C#N)c(Nc3ccc(F)c(Br)c3)c2c1. The number of likely N-dealkylation sites (N-methyl/N-ethyl adjacent to an activating group) is 1. The molecule has 0 saturated carbocycles. The topological polar surface area (TPSA) is 81.1 Å². The molecule has 0 fully saturated rings. The van der Waals surface area contributed by atoms with Crippen LogP contribution in [0.15, 0.2) is 59.2 Å². The van der Waals surface area contributed by atoms with Crippen molar-refractivity contribution < 1.29 is 9.18 Å². The number of aromatic nitrogens is 1. The zero-order valence-electron chi connectivity index (χ0n) is 17.8. The number of hydrogen-bond donors (Lipinski definition) is 2. The minimum absolute atomic E-state index is 0.238. The second kappa shape index (κ2) is 10.8. The minimum atomic E-state index is -0.380. The summed E-state index contributed by atoms with van der Waals surface area (Å²) in [6.45, 7) is 6.69. The summed E-state index contributed by atoms with van der Waals surface area (Å²) in [6.07, 6.45) is 4.83. The predicted octanol–water partition coefficient (Wildman–Crippen LogP) is 5.59. The molecule has 3 rings (SSSR count). The highest BCUT2D eigenvalue weighted by molar-refractivity contribution is 9.10. The molecule has 0 radical (unpaired) electrons. The molecule has 3 aromatic rings. The van der Waals surface area contributed by atoms with Crippen LogP contribution in [0, 0.1) is 17.1 Å². The first kappa shape index (κ1) is 23.4. The molecule has 6 nitrogen and oxygen atoms in total. The van der Waals surface area contributed by atoms with Crippen LogP contribution in [-0.4, -0.2) is 35.4 Å². The molecule has 2 N–H and O–H groups in total. The van der Waals surface area contributed by atoms with Gasteiger partial charge in [0.2, 0.25) is 5.91 Å². The number of pyridine rings is 1. The van der Waals surface area contributed by atoms with Gasteiger partial charge in [-0.25, -0.2) is 4.39 Å². The van der Waals surface area contributed by atoms with Gasteiger partial charge in [0.15, 0.2) is 0 Å². The first-order valence-corrected chi connectivity index (χ1v) is 11.0. The fourth-order valence-corrected chi connectivity index (χ4v) is 3.56. The Labute approximate surface area is 194 Å². The molecular weight excluding hydrogens is 473 g/mol. The van der Waals surface area contributed by atoms with E-state index in [2.05, 4.69) is 56.4 Å². The molecule has 164 valence electrons. The van der Waals surface area contributed by atoms with E-state index in [1.807, 2.05) is 6.08 Å². The molecule has 0 aliphatic rings. The lowest BCUT2D eigenvalue weighted by Gasteiger charge is -2.14. The van der Waals surface area contributed by atoms with Crippen LogP contribution in [-0.2, 0) is 4.79 Å². The summed E-state index contributed by atoms with van der Waals surface area (Å²) >= 11 is 3.17. The van der Waals surface area contributed by atoms with Crippen molar-refractivity contribution in [3.05, 3.63) is 70.6 Å². The van der Waals surface area contributed by atoms with Crippen molar-refractivity contribution in [1.29, 1.82) is 5.26 Å². The number of nitriles is 1. The number of halogens is 2. The lowest BCUT2D eigenvalue weighted by Crippen LogP contribution is -2.23. The van der Waals surface area contributed by atoms with Crippen LogP contribution in [0.3, 0.4) is 0 Å². The van der Waals surface area contributed by atoms with E-state index in [1.165, 1.54) is 18.3 Å². The second-order valence-electron chi connectivity index (χ2n) is 7.02. The zero-order valence-corrected chi connectivity index (χ0v) is 19.4. The molecule has 0 atom stereocenters. The molecule has 2 aromatic carbocycles. The highest BCUT2D eigenvalue weighted by atomic mass is 79.9. The Balaban J connectivity index is 1.88. The number of carbonyl (C=O) groups is 1. The smallest absolute Gasteiger partial charge is 0.248 e. The van der Waals surface area contributed by atoms with Crippen LogP contribution in [0.25, 0.3) is 10.9 Å². The summed E-state index contributed by atoms with van der Waals surface area (Å²) in [7, 11) is 0. The van der Waals surface area contributed by atoms with E-state index in [-0.39, 0.29) is 11.7 Å². The average Bonchev–Trinajstić information content (AvgIpc) is 2.79. The molecule has 8 heteroatoms. The molecule has 0 spiro atoms. The number of nitrogens with zero attached hydrogens (tertiary/aromatic N) is 3. The Kier molecular flexibility index (Phi) is 7.92. The number of nitrogens with one attached hydrogen (secondary N) is 2. The van der Waals surface area contributed by atoms with E-state index in [0.717, 1.165) is 13.1 Å². The van der Waals surface area contributed by atoms with Crippen LogP contribution in [0.5, 0.6) is 0 Å². The summed E-state index contributed by atoms with van der Waals surface area (Å²) in [5.74, 6) is -0.618. The van der Waals surface area contributed by atoms with Gasteiger partial charge < -0.3 is 15.5 Å². The molecule has 0 saturated heterocycles. The molecule has 32 heavy (non-hydrogen) atoms. The van der Waals surface area contributed by atoms with Crippen molar-refractivity contribution in [2.75, 3.05) is 30.3 Å². The van der Waals surface area contributed by atoms with E-state index >= 15 is 0 Å². The number of anilines is 3. The molecule has 1 heterocycles. The third kappa shape index (κ3) is 5.69. The summed E-state index contributed by atoms with van der Waals surface area (Å²) in [5, 5.41) is 16.3. The second-order valence-corrected chi connectivity index (χ2v) is 7.88. The van der Waals surface area contributed by atoms with Gasteiger partial charge in [0.1, 0.15) is 11.9 Å². The fraction of sp³-hybridized carbons (Fsp3) is 0.208. The quantitative estimate of drug-likeness (QED) is 0.398.